The van der Waals surface area contributed by atoms with E-state index in [9.17, 15) is 4.79 Å². The van der Waals surface area contributed by atoms with Crippen LogP contribution in [0, 0.1) is 6.92 Å². The van der Waals surface area contributed by atoms with Crippen LogP contribution in [0.15, 0.2) is 30.3 Å². The van der Waals surface area contributed by atoms with Gasteiger partial charge >= 0.3 is 5.97 Å². The van der Waals surface area contributed by atoms with Crippen molar-refractivity contribution in [2.24, 2.45) is 0 Å². The van der Waals surface area contributed by atoms with Crippen molar-refractivity contribution in [3.8, 4) is 0 Å². The van der Waals surface area contributed by atoms with E-state index in [2.05, 4.69) is 19.1 Å². The average molecular weight is 204 g/mol. The van der Waals surface area contributed by atoms with E-state index in [1.54, 1.807) is 0 Å². The van der Waals surface area contributed by atoms with Crippen molar-refractivity contribution in [1.82, 2.24) is 0 Å². The highest BCUT2D eigenvalue weighted by molar-refractivity contribution is 5.66. The lowest BCUT2D eigenvalue weighted by Crippen LogP contribution is -2.08. The molecule has 0 heterocycles. The van der Waals surface area contributed by atoms with E-state index in [4.69, 9.17) is 4.74 Å². The van der Waals surface area contributed by atoms with Crippen molar-refractivity contribution < 1.29 is 9.53 Å². The topological polar surface area (TPSA) is 26.3 Å². The molecule has 0 N–H and O–H groups in total. The zero-order chi connectivity index (χ0) is 11.3. The minimum Gasteiger partial charge on any atom is -0.459 e. The second-order valence-corrected chi connectivity index (χ2v) is 3.58. The SMILES string of the molecule is CC(=O)O[C@@H](C)/C=C/c1ccc(C)cc1. The fourth-order valence-electron chi connectivity index (χ4n) is 1.23. The first kappa shape index (κ1) is 11.5. The van der Waals surface area contributed by atoms with E-state index < -0.39 is 0 Å². The van der Waals surface area contributed by atoms with Gasteiger partial charge in [0.15, 0.2) is 0 Å². The Morgan fingerprint density at radius 1 is 1.33 bits per heavy atom. The molecule has 0 saturated carbocycles. The van der Waals surface area contributed by atoms with Crippen LogP contribution in [0.2, 0.25) is 0 Å². The van der Waals surface area contributed by atoms with Gasteiger partial charge in [0, 0.05) is 6.92 Å². The highest BCUT2D eigenvalue weighted by Gasteiger charge is 1.99. The molecule has 0 aromatic heterocycles. The lowest BCUT2D eigenvalue weighted by molar-refractivity contribution is -0.143. The van der Waals surface area contributed by atoms with Crippen LogP contribution in [0.3, 0.4) is 0 Å². The van der Waals surface area contributed by atoms with E-state index >= 15 is 0 Å². The minimum atomic E-state index is -0.254. The van der Waals surface area contributed by atoms with Crippen LogP contribution in [-0.4, -0.2) is 12.1 Å². The maximum Gasteiger partial charge on any atom is 0.303 e. The zero-order valence-electron chi connectivity index (χ0n) is 9.36. The smallest absolute Gasteiger partial charge is 0.303 e. The molecule has 0 bridgehead atoms. The molecule has 0 aliphatic carbocycles. The highest BCUT2D eigenvalue weighted by atomic mass is 16.5. The lowest BCUT2D eigenvalue weighted by atomic mass is 10.1. The predicted octanol–water partition coefficient (Wildman–Crippen LogP) is 2.96. The Kier molecular flexibility index (Phi) is 4.10. The number of carbonyl (C=O) groups excluding carboxylic acids is 1. The lowest BCUT2D eigenvalue weighted by Gasteiger charge is -2.05. The second-order valence-electron chi connectivity index (χ2n) is 3.58. The Labute approximate surface area is 90.6 Å². The monoisotopic (exact) mass is 204 g/mol. The van der Waals surface area contributed by atoms with Gasteiger partial charge in [0.05, 0.1) is 0 Å². The summed E-state index contributed by atoms with van der Waals surface area (Å²) in [5.74, 6) is -0.254. The Morgan fingerprint density at radius 3 is 2.47 bits per heavy atom. The summed E-state index contributed by atoms with van der Waals surface area (Å²) in [6, 6.07) is 8.17. The molecule has 1 rings (SSSR count). The number of benzene rings is 1. The highest BCUT2D eigenvalue weighted by Crippen LogP contribution is 2.06. The van der Waals surface area contributed by atoms with Crippen LogP contribution in [0.4, 0.5) is 0 Å². The maximum atomic E-state index is 10.7. The number of ether oxygens (including phenoxy) is 1. The number of hydrogen-bond acceptors (Lipinski definition) is 2. The number of esters is 1. The van der Waals surface area contributed by atoms with Crippen LogP contribution >= 0.6 is 0 Å². The fourth-order valence-corrected chi connectivity index (χ4v) is 1.23. The summed E-state index contributed by atoms with van der Waals surface area (Å²) in [5.41, 5.74) is 2.35. The van der Waals surface area contributed by atoms with Crippen molar-refractivity contribution in [3.05, 3.63) is 41.5 Å². The quantitative estimate of drug-likeness (QED) is 0.707. The van der Waals surface area contributed by atoms with Gasteiger partial charge in [-0.15, -0.1) is 0 Å². The van der Waals surface area contributed by atoms with Gasteiger partial charge in [0.2, 0.25) is 0 Å². The van der Waals surface area contributed by atoms with Crippen molar-refractivity contribution in [2.45, 2.75) is 26.9 Å². The molecule has 15 heavy (non-hydrogen) atoms. The van der Waals surface area contributed by atoms with Crippen LogP contribution in [0.1, 0.15) is 25.0 Å². The van der Waals surface area contributed by atoms with Gasteiger partial charge in [-0.2, -0.15) is 0 Å². The van der Waals surface area contributed by atoms with Crippen molar-refractivity contribution >= 4 is 12.0 Å². The van der Waals surface area contributed by atoms with Gasteiger partial charge in [-0.25, -0.2) is 0 Å². The molecule has 0 saturated heterocycles. The molecular weight excluding hydrogens is 188 g/mol. The molecule has 0 amide bonds. The Morgan fingerprint density at radius 2 is 1.93 bits per heavy atom. The van der Waals surface area contributed by atoms with Gasteiger partial charge in [-0.3, -0.25) is 4.79 Å². The summed E-state index contributed by atoms with van der Waals surface area (Å²) < 4.78 is 4.97. The van der Waals surface area contributed by atoms with Crippen LogP contribution < -0.4 is 0 Å². The molecule has 1 aromatic rings. The van der Waals surface area contributed by atoms with Gasteiger partial charge < -0.3 is 4.74 Å². The predicted molar refractivity (Wildman–Crippen MR) is 61.4 cm³/mol. The summed E-state index contributed by atoms with van der Waals surface area (Å²) in [6.07, 6.45) is 3.64. The molecule has 80 valence electrons. The number of rotatable bonds is 3. The van der Waals surface area contributed by atoms with E-state index in [0.29, 0.717) is 0 Å². The first-order valence-corrected chi connectivity index (χ1v) is 5.00. The van der Waals surface area contributed by atoms with Gasteiger partial charge in [-0.05, 0) is 25.5 Å². The largest absolute Gasteiger partial charge is 0.459 e. The molecule has 0 aliphatic heterocycles. The Hall–Kier alpha value is -1.57. The molecule has 2 nitrogen and oxygen atoms in total. The minimum absolute atomic E-state index is 0.177. The van der Waals surface area contributed by atoms with Crippen LogP contribution in [0.25, 0.3) is 6.08 Å². The van der Waals surface area contributed by atoms with Crippen LogP contribution in [-0.2, 0) is 9.53 Å². The van der Waals surface area contributed by atoms with Gasteiger partial charge in [0.1, 0.15) is 6.10 Å². The van der Waals surface area contributed by atoms with E-state index in [1.807, 2.05) is 31.2 Å². The first-order chi connectivity index (χ1) is 7.08. The van der Waals surface area contributed by atoms with Crippen LogP contribution in [0.5, 0.6) is 0 Å². The summed E-state index contributed by atoms with van der Waals surface area (Å²) >= 11 is 0. The van der Waals surface area contributed by atoms with Crippen molar-refractivity contribution in [2.75, 3.05) is 0 Å². The third kappa shape index (κ3) is 4.45. The van der Waals surface area contributed by atoms with E-state index in [-0.39, 0.29) is 12.1 Å². The molecule has 0 aliphatic rings. The van der Waals surface area contributed by atoms with E-state index in [0.717, 1.165) is 5.56 Å². The molecule has 0 unspecified atom stereocenters. The molecule has 2 heteroatoms. The Balaban J connectivity index is 2.57. The normalized spacial score (nSPS) is 12.7. The third-order valence-corrected chi connectivity index (χ3v) is 1.99. The zero-order valence-corrected chi connectivity index (χ0v) is 9.36. The Bertz CT molecular complexity index is 349. The summed E-state index contributed by atoms with van der Waals surface area (Å²) in [7, 11) is 0. The van der Waals surface area contributed by atoms with Gasteiger partial charge in [-0.1, -0.05) is 35.9 Å². The maximum absolute atomic E-state index is 10.7. The number of carbonyl (C=O) groups is 1. The summed E-state index contributed by atoms with van der Waals surface area (Å²) in [4.78, 5) is 10.7. The third-order valence-electron chi connectivity index (χ3n) is 1.99. The molecular formula is C13H16O2. The summed E-state index contributed by atoms with van der Waals surface area (Å²) in [5, 5.41) is 0. The van der Waals surface area contributed by atoms with Crippen molar-refractivity contribution in [1.29, 1.82) is 0 Å². The van der Waals surface area contributed by atoms with Crippen molar-refractivity contribution in [3.63, 3.8) is 0 Å². The second kappa shape index (κ2) is 5.35. The fraction of sp³-hybridized carbons (Fsp3) is 0.308. The standard InChI is InChI=1S/C13H16O2/c1-10-4-7-13(8-5-10)9-6-11(2)15-12(3)14/h4-9,11H,1-3H3/b9-6+/t11-/m0/s1. The molecule has 0 spiro atoms. The average Bonchev–Trinajstić information content (AvgIpc) is 2.16. The molecule has 1 aromatic carbocycles. The molecule has 1 atom stereocenters. The number of aryl methyl sites for hydroxylation is 1. The number of hydrogen-bond donors (Lipinski definition) is 0. The summed E-state index contributed by atoms with van der Waals surface area (Å²) in [6.45, 7) is 5.30. The van der Waals surface area contributed by atoms with Gasteiger partial charge in [0.25, 0.3) is 0 Å². The molecule has 0 fully saturated rings. The molecule has 0 radical (unpaired) electrons. The van der Waals surface area contributed by atoms with E-state index in [1.165, 1.54) is 12.5 Å². The first-order valence-electron chi connectivity index (χ1n) is 5.00.